The number of amides is 1. The average Bonchev–Trinajstić information content (AvgIpc) is 2.47. The van der Waals surface area contributed by atoms with Crippen LogP contribution in [0.1, 0.15) is 40.0 Å². The number of hydrogen-bond acceptors (Lipinski definition) is 7. The van der Waals surface area contributed by atoms with E-state index in [0.29, 0.717) is 18.7 Å². The molecule has 136 valence electrons. The maximum Gasteiger partial charge on any atom is 0.305 e. The van der Waals surface area contributed by atoms with Crippen LogP contribution in [0.2, 0.25) is 0 Å². The van der Waals surface area contributed by atoms with Gasteiger partial charge < -0.3 is 25.0 Å². The highest BCUT2D eigenvalue weighted by Crippen LogP contribution is 2.22. The van der Waals surface area contributed by atoms with Gasteiger partial charge >= 0.3 is 5.97 Å². The number of carbonyl (C=O) groups is 2. The monoisotopic (exact) mass is 351 g/mol. The largest absolute Gasteiger partial charge is 0.460 e. The Morgan fingerprint density at radius 1 is 1.26 bits per heavy atom. The molecule has 8 heteroatoms. The highest BCUT2D eigenvalue weighted by Gasteiger charge is 2.27. The third-order valence-corrected chi connectivity index (χ3v) is 3.28. The summed E-state index contributed by atoms with van der Waals surface area (Å²) < 4.78 is 10.1. The SMILES string of the molecule is CC(C)(C)C(CO)OC(O)COC(=O)CCCC(=O)NCCS. The van der Waals surface area contributed by atoms with Crippen LogP contribution in [-0.2, 0) is 19.1 Å². The standard InChI is InChI=1S/C15H29NO6S/c1-15(2,3)11(9-17)22-14(20)10-21-13(19)6-4-5-12(18)16-7-8-23/h11,14,17,20,23H,4-10H2,1-3H3,(H,16,18). The molecular formula is C15H29NO6S. The van der Waals surface area contributed by atoms with Crippen LogP contribution < -0.4 is 5.32 Å². The van der Waals surface area contributed by atoms with E-state index in [0.717, 1.165) is 0 Å². The average molecular weight is 351 g/mol. The van der Waals surface area contributed by atoms with E-state index in [1.165, 1.54) is 0 Å². The first-order chi connectivity index (χ1) is 10.7. The number of aliphatic hydroxyl groups excluding tert-OH is 2. The lowest BCUT2D eigenvalue weighted by molar-refractivity contribution is -0.199. The van der Waals surface area contributed by atoms with Crippen LogP contribution in [0.4, 0.5) is 0 Å². The van der Waals surface area contributed by atoms with Crippen molar-refractivity contribution >= 4 is 24.5 Å². The predicted octanol–water partition coefficient (Wildman–Crippen LogP) is 0.488. The van der Waals surface area contributed by atoms with Gasteiger partial charge in [-0.25, -0.2) is 0 Å². The highest BCUT2D eigenvalue weighted by molar-refractivity contribution is 7.80. The van der Waals surface area contributed by atoms with Gasteiger partial charge in [-0.05, 0) is 11.8 Å². The van der Waals surface area contributed by atoms with E-state index >= 15 is 0 Å². The number of thiol groups is 1. The molecule has 0 bridgehead atoms. The van der Waals surface area contributed by atoms with Gasteiger partial charge in [0.25, 0.3) is 0 Å². The summed E-state index contributed by atoms with van der Waals surface area (Å²) in [5.74, 6) is -0.0770. The van der Waals surface area contributed by atoms with Crippen LogP contribution in [0.15, 0.2) is 0 Å². The number of rotatable bonds is 11. The van der Waals surface area contributed by atoms with Gasteiger partial charge in [0.1, 0.15) is 6.61 Å². The van der Waals surface area contributed by atoms with E-state index in [1.807, 2.05) is 20.8 Å². The summed E-state index contributed by atoms with van der Waals surface area (Å²) in [7, 11) is 0. The summed E-state index contributed by atoms with van der Waals surface area (Å²) in [6.07, 6.45) is -1.17. The Balaban J connectivity index is 3.90. The summed E-state index contributed by atoms with van der Waals surface area (Å²) >= 11 is 3.97. The van der Waals surface area contributed by atoms with Gasteiger partial charge in [0.2, 0.25) is 5.91 Å². The first-order valence-corrected chi connectivity index (χ1v) is 8.31. The molecular weight excluding hydrogens is 322 g/mol. The quantitative estimate of drug-likeness (QED) is 0.245. The third-order valence-electron chi connectivity index (χ3n) is 3.06. The molecule has 0 aliphatic heterocycles. The molecule has 0 aliphatic carbocycles. The van der Waals surface area contributed by atoms with Gasteiger partial charge in [-0.1, -0.05) is 20.8 Å². The van der Waals surface area contributed by atoms with E-state index in [9.17, 15) is 19.8 Å². The molecule has 2 atom stereocenters. The molecule has 0 saturated heterocycles. The summed E-state index contributed by atoms with van der Waals surface area (Å²) in [6, 6.07) is 0. The second-order valence-corrected chi connectivity index (χ2v) is 6.69. The fourth-order valence-electron chi connectivity index (χ4n) is 1.66. The zero-order valence-corrected chi connectivity index (χ0v) is 15.0. The Labute approximate surface area is 143 Å². The minimum atomic E-state index is -1.30. The molecule has 3 N–H and O–H groups in total. The van der Waals surface area contributed by atoms with Crippen molar-refractivity contribution in [3.05, 3.63) is 0 Å². The minimum absolute atomic E-state index is 0.0870. The number of ether oxygens (including phenoxy) is 2. The Morgan fingerprint density at radius 3 is 2.43 bits per heavy atom. The number of nitrogens with one attached hydrogen (secondary N) is 1. The summed E-state index contributed by atoms with van der Waals surface area (Å²) in [5.41, 5.74) is -0.347. The van der Waals surface area contributed by atoms with Crippen molar-refractivity contribution in [3.63, 3.8) is 0 Å². The first-order valence-electron chi connectivity index (χ1n) is 7.68. The number of esters is 1. The van der Waals surface area contributed by atoms with E-state index in [-0.39, 0.29) is 37.4 Å². The molecule has 0 saturated carbocycles. The fraction of sp³-hybridized carbons (Fsp3) is 0.867. The molecule has 0 spiro atoms. The van der Waals surface area contributed by atoms with Crippen molar-refractivity contribution in [2.75, 3.05) is 25.5 Å². The molecule has 0 radical (unpaired) electrons. The molecule has 0 aliphatic rings. The van der Waals surface area contributed by atoms with Crippen LogP contribution in [0.5, 0.6) is 0 Å². The Morgan fingerprint density at radius 2 is 1.91 bits per heavy atom. The molecule has 23 heavy (non-hydrogen) atoms. The van der Waals surface area contributed by atoms with Gasteiger partial charge in [-0.15, -0.1) is 0 Å². The van der Waals surface area contributed by atoms with Gasteiger partial charge in [-0.3, -0.25) is 9.59 Å². The Hall–Kier alpha value is -0.830. The molecule has 0 aromatic heterocycles. The normalized spacial score (nSPS) is 14.2. The van der Waals surface area contributed by atoms with Crippen molar-refractivity contribution in [2.24, 2.45) is 5.41 Å². The Bertz CT molecular complexity index is 358. The zero-order chi connectivity index (χ0) is 17.9. The van der Waals surface area contributed by atoms with Crippen molar-refractivity contribution in [3.8, 4) is 0 Å². The van der Waals surface area contributed by atoms with E-state index < -0.39 is 18.4 Å². The van der Waals surface area contributed by atoms with Crippen LogP contribution >= 0.6 is 12.6 Å². The fourth-order valence-corrected chi connectivity index (χ4v) is 1.78. The first kappa shape index (κ1) is 22.2. The maximum absolute atomic E-state index is 11.5. The molecule has 0 aromatic rings. The Kier molecular flexibility index (Phi) is 11.2. The molecule has 0 rings (SSSR count). The molecule has 7 nitrogen and oxygen atoms in total. The zero-order valence-electron chi connectivity index (χ0n) is 14.1. The van der Waals surface area contributed by atoms with Crippen molar-refractivity contribution in [1.29, 1.82) is 0 Å². The number of aliphatic hydroxyl groups is 2. The van der Waals surface area contributed by atoms with E-state index in [2.05, 4.69) is 17.9 Å². The molecule has 1 amide bonds. The smallest absolute Gasteiger partial charge is 0.305 e. The topological polar surface area (TPSA) is 105 Å². The molecule has 0 fully saturated rings. The summed E-state index contributed by atoms with van der Waals surface area (Å²) in [5, 5.41) is 21.6. The maximum atomic E-state index is 11.5. The minimum Gasteiger partial charge on any atom is -0.460 e. The highest BCUT2D eigenvalue weighted by atomic mass is 32.1. The second kappa shape index (κ2) is 11.7. The van der Waals surface area contributed by atoms with E-state index in [4.69, 9.17) is 9.47 Å². The lowest BCUT2D eigenvalue weighted by atomic mass is 9.89. The number of carbonyl (C=O) groups excluding carboxylic acids is 2. The summed E-state index contributed by atoms with van der Waals surface area (Å²) in [6.45, 7) is 5.55. The molecule has 2 unspecified atom stereocenters. The van der Waals surface area contributed by atoms with Crippen LogP contribution in [0.25, 0.3) is 0 Å². The number of hydrogen-bond donors (Lipinski definition) is 4. The van der Waals surface area contributed by atoms with Crippen molar-refractivity contribution in [1.82, 2.24) is 5.32 Å². The molecule has 0 heterocycles. The van der Waals surface area contributed by atoms with Crippen LogP contribution in [0, 0.1) is 5.41 Å². The van der Waals surface area contributed by atoms with Gasteiger partial charge in [-0.2, -0.15) is 12.6 Å². The van der Waals surface area contributed by atoms with Crippen LogP contribution in [-0.4, -0.2) is 60.0 Å². The van der Waals surface area contributed by atoms with Gasteiger partial charge in [0.05, 0.1) is 12.7 Å². The van der Waals surface area contributed by atoms with Crippen molar-refractivity contribution in [2.45, 2.75) is 52.4 Å². The lowest BCUT2D eigenvalue weighted by Gasteiger charge is -2.30. The lowest BCUT2D eigenvalue weighted by Crippen LogP contribution is -2.38. The molecule has 0 aromatic carbocycles. The van der Waals surface area contributed by atoms with Crippen molar-refractivity contribution < 1.29 is 29.3 Å². The van der Waals surface area contributed by atoms with E-state index in [1.54, 1.807) is 0 Å². The summed E-state index contributed by atoms with van der Waals surface area (Å²) in [4.78, 5) is 22.8. The second-order valence-electron chi connectivity index (χ2n) is 6.24. The van der Waals surface area contributed by atoms with Gasteiger partial charge in [0.15, 0.2) is 6.29 Å². The van der Waals surface area contributed by atoms with Gasteiger partial charge in [0, 0.05) is 25.1 Å². The van der Waals surface area contributed by atoms with Crippen LogP contribution in [0.3, 0.4) is 0 Å². The predicted molar refractivity (Wildman–Crippen MR) is 89.1 cm³/mol. The third kappa shape index (κ3) is 11.4.